The second-order valence-corrected chi connectivity index (χ2v) is 3.33. The average molecular weight is 194 g/mol. The molecule has 1 rings (SSSR count). The van der Waals surface area contributed by atoms with Gasteiger partial charge in [0.2, 0.25) is 12.1 Å². The van der Waals surface area contributed by atoms with Gasteiger partial charge in [0.1, 0.15) is 5.84 Å². The summed E-state index contributed by atoms with van der Waals surface area (Å²) in [5.41, 5.74) is 5.11. The van der Waals surface area contributed by atoms with Crippen LogP contribution in [0.15, 0.2) is 4.99 Å². The van der Waals surface area contributed by atoms with Crippen molar-refractivity contribution in [2.45, 2.75) is 25.7 Å². The van der Waals surface area contributed by atoms with Crippen LogP contribution in [-0.2, 0) is 4.79 Å². The third kappa shape index (κ3) is 3.05. The second kappa shape index (κ2) is 5.22. The van der Waals surface area contributed by atoms with Crippen LogP contribution in [0.25, 0.3) is 0 Å². The van der Waals surface area contributed by atoms with Gasteiger partial charge in [0.15, 0.2) is 0 Å². The molecule has 1 aliphatic rings. The number of carbonyl (C=O) groups excluding carboxylic acids is 1. The number of rotatable bonds is 2. The van der Waals surface area contributed by atoms with Gasteiger partial charge in [-0.1, -0.05) is 6.42 Å². The standard InChI is InChI=1S/C9H14N4O/c10-7-12-9-4-2-1-3-5-13(9)6-8(11)14/h1-6H2,(H2,11,14). The molecule has 0 aromatic heterocycles. The van der Waals surface area contributed by atoms with Gasteiger partial charge in [-0.15, -0.1) is 0 Å². The van der Waals surface area contributed by atoms with Crippen LogP contribution < -0.4 is 5.73 Å². The minimum atomic E-state index is -0.377. The van der Waals surface area contributed by atoms with Gasteiger partial charge in [0.05, 0.1) is 6.54 Å². The van der Waals surface area contributed by atoms with E-state index in [2.05, 4.69) is 4.99 Å². The van der Waals surface area contributed by atoms with E-state index in [1.165, 1.54) is 0 Å². The van der Waals surface area contributed by atoms with Crippen LogP contribution in [0.2, 0.25) is 0 Å². The second-order valence-electron chi connectivity index (χ2n) is 3.33. The lowest BCUT2D eigenvalue weighted by Crippen LogP contribution is -2.38. The molecule has 1 fully saturated rings. The summed E-state index contributed by atoms with van der Waals surface area (Å²) in [6.07, 6.45) is 5.69. The van der Waals surface area contributed by atoms with Crippen molar-refractivity contribution in [3.05, 3.63) is 0 Å². The van der Waals surface area contributed by atoms with E-state index in [4.69, 9.17) is 11.0 Å². The minimum Gasteiger partial charge on any atom is -0.368 e. The van der Waals surface area contributed by atoms with Crippen LogP contribution in [0.3, 0.4) is 0 Å². The first-order chi connectivity index (χ1) is 6.74. The molecular weight excluding hydrogens is 180 g/mol. The molecule has 0 aromatic carbocycles. The summed E-state index contributed by atoms with van der Waals surface area (Å²) in [5, 5.41) is 8.48. The number of nitrogens with zero attached hydrogens (tertiary/aromatic N) is 3. The molecule has 1 saturated heterocycles. The van der Waals surface area contributed by atoms with Crippen molar-refractivity contribution in [3.8, 4) is 6.19 Å². The molecule has 1 heterocycles. The number of likely N-dealkylation sites (tertiary alicyclic amines) is 1. The maximum atomic E-state index is 10.8. The molecule has 0 bridgehead atoms. The number of hydrogen-bond acceptors (Lipinski definition) is 3. The van der Waals surface area contributed by atoms with Crippen LogP contribution in [-0.4, -0.2) is 29.7 Å². The molecule has 0 aliphatic carbocycles. The van der Waals surface area contributed by atoms with Crippen molar-refractivity contribution in [3.63, 3.8) is 0 Å². The molecule has 2 N–H and O–H groups in total. The van der Waals surface area contributed by atoms with Gasteiger partial charge < -0.3 is 10.6 Å². The fourth-order valence-corrected chi connectivity index (χ4v) is 1.59. The van der Waals surface area contributed by atoms with Crippen LogP contribution in [0.1, 0.15) is 25.7 Å². The van der Waals surface area contributed by atoms with E-state index in [0.717, 1.165) is 32.2 Å². The summed E-state index contributed by atoms with van der Waals surface area (Å²) in [7, 11) is 0. The van der Waals surface area contributed by atoms with E-state index < -0.39 is 0 Å². The monoisotopic (exact) mass is 194 g/mol. The predicted molar refractivity (Wildman–Crippen MR) is 52.3 cm³/mol. The molecule has 0 aromatic rings. The molecule has 0 spiro atoms. The van der Waals surface area contributed by atoms with E-state index >= 15 is 0 Å². The maximum absolute atomic E-state index is 10.8. The number of nitriles is 1. The molecule has 76 valence electrons. The summed E-state index contributed by atoms with van der Waals surface area (Å²) < 4.78 is 0. The zero-order chi connectivity index (χ0) is 10.4. The fourth-order valence-electron chi connectivity index (χ4n) is 1.59. The third-order valence-electron chi connectivity index (χ3n) is 2.22. The Morgan fingerprint density at radius 3 is 3.00 bits per heavy atom. The molecule has 5 nitrogen and oxygen atoms in total. The predicted octanol–water partition coefficient (Wildman–Crippen LogP) is 0.227. The summed E-state index contributed by atoms with van der Waals surface area (Å²) in [6, 6.07) is 0. The van der Waals surface area contributed by atoms with Gasteiger partial charge >= 0.3 is 0 Å². The Morgan fingerprint density at radius 2 is 2.36 bits per heavy atom. The third-order valence-corrected chi connectivity index (χ3v) is 2.22. The van der Waals surface area contributed by atoms with Gasteiger partial charge in [-0.2, -0.15) is 10.3 Å². The first-order valence-corrected chi connectivity index (χ1v) is 4.73. The molecule has 5 heteroatoms. The van der Waals surface area contributed by atoms with Crippen LogP contribution in [0.5, 0.6) is 0 Å². The number of carbonyl (C=O) groups is 1. The topological polar surface area (TPSA) is 82.5 Å². The number of amides is 1. The summed E-state index contributed by atoms with van der Waals surface area (Å²) in [4.78, 5) is 16.3. The van der Waals surface area contributed by atoms with E-state index in [1.54, 1.807) is 11.1 Å². The lowest BCUT2D eigenvalue weighted by molar-refractivity contribution is -0.118. The van der Waals surface area contributed by atoms with Gasteiger partial charge in [0, 0.05) is 13.0 Å². The lowest BCUT2D eigenvalue weighted by atomic mass is 10.2. The zero-order valence-corrected chi connectivity index (χ0v) is 8.07. The van der Waals surface area contributed by atoms with E-state index in [-0.39, 0.29) is 12.5 Å². The highest BCUT2D eigenvalue weighted by atomic mass is 16.1. The molecule has 0 saturated carbocycles. The first-order valence-electron chi connectivity index (χ1n) is 4.73. The largest absolute Gasteiger partial charge is 0.368 e. The number of amidine groups is 1. The molecule has 14 heavy (non-hydrogen) atoms. The number of nitrogens with two attached hydrogens (primary N) is 1. The van der Waals surface area contributed by atoms with Crippen LogP contribution >= 0.6 is 0 Å². The summed E-state index contributed by atoms with van der Waals surface area (Å²) in [6.45, 7) is 0.934. The van der Waals surface area contributed by atoms with Crippen molar-refractivity contribution < 1.29 is 4.79 Å². The normalized spacial score (nSPS) is 20.2. The zero-order valence-electron chi connectivity index (χ0n) is 8.07. The van der Waals surface area contributed by atoms with E-state index in [1.807, 2.05) is 0 Å². The molecule has 1 aliphatic heterocycles. The van der Waals surface area contributed by atoms with Crippen molar-refractivity contribution in [2.75, 3.05) is 13.1 Å². The number of primary amides is 1. The highest BCUT2D eigenvalue weighted by Crippen LogP contribution is 2.11. The van der Waals surface area contributed by atoms with Gasteiger partial charge in [0.25, 0.3) is 0 Å². The Morgan fingerprint density at radius 1 is 1.57 bits per heavy atom. The molecular formula is C9H14N4O. The van der Waals surface area contributed by atoms with Crippen molar-refractivity contribution in [2.24, 2.45) is 10.7 Å². The number of aliphatic imine (C=N–C) groups is 1. The van der Waals surface area contributed by atoms with Gasteiger partial charge in [-0.25, -0.2) is 0 Å². The molecule has 0 atom stereocenters. The molecule has 1 amide bonds. The van der Waals surface area contributed by atoms with E-state index in [9.17, 15) is 4.79 Å². The average Bonchev–Trinajstić information content (AvgIpc) is 2.32. The Balaban J connectivity index is 2.70. The van der Waals surface area contributed by atoms with Crippen LogP contribution in [0.4, 0.5) is 0 Å². The first kappa shape index (κ1) is 10.5. The molecule has 0 unspecified atom stereocenters. The minimum absolute atomic E-state index is 0.167. The summed E-state index contributed by atoms with van der Waals surface area (Å²) in [5.74, 6) is 0.321. The smallest absolute Gasteiger partial charge is 0.236 e. The lowest BCUT2D eigenvalue weighted by Gasteiger charge is -2.21. The van der Waals surface area contributed by atoms with Crippen LogP contribution in [0, 0.1) is 11.5 Å². The highest BCUT2D eigenvalue weighted by Gasteiger charge is 2.16. The highest BCUT2D eigenvalue weighted by molar-refractivity contribution is 5.87. The maximum Gasteiger partial charge on any atom is 0.236 e. The Hall–Kier alpha value is -1.57. The van der Waals surface area contributed by atoms with Gasteiger partial charge in [-0.3, -0.25) is 4.79 Å². The number of hydrogen-bond donors (Lipinski definition) is 1. The fraction of sp³-hybridized carbons (Fsp3) is 0.667. The quantitative estimate of drug-likeness (QED) is 0.638. The Labute approximate surface area is 83.2 Å². The summed E-state index contributed by atoms with van der Waals surface area (Å²) >= 11 is 0. The van der Waals surface area contributed by atoms with Crippen molar-refractivity contribution in [1.29, 1.82) is 5.26 Å². The van der Waals surface area contributed by atoms with Crippen molar-refractivity contribution >= 4 is 11.7 Å². The van der Waals surface area contributed by atoms with Crippen molar-refractivity contribution in [1.82, 2.24) is 4.90 Å². The SMILES string of the molecule is N#CN=C1CCCCCN1CC(N)=O. The Bertz CT molecular complexity index is 279. The Kier molecular flexibility index (Phi) is 3.92. The molecule has 0 radical (unpaired) electrons. The van der Waals surface area contributed by atoms with E-state index in [0.29, 0.717) is 5.84 Å². The van der Waals surface area contributed by atoms with Gasteiger partial charge in [-0.05, 0) is 12.8 Å².